The van der Waals surface area contributed by atoms with E-state index in [4.69, 9.17) is 9.47 Å². The number of hydrogen-bond donors (Lipinski definition) is 0. The molecule has 7 nitrogen and oxygen atoms in total. The van der Waals surface area contributed by atoms with Gasteiger partial charge in [0.2, 0.25) is 0 Å². The highest BCUT2D eigenvalue weighted by Crippen LogP contribution is 2.20. The van der Waals surface area contributed by atoms with Crippen molar-refractivity contribution in [3.63, 3.8) is 0 Å². The average molecular weight is 417 g/mol. The number of rotatable bonds is 6. The molecule has 0 spiro atoms. The van der Waals surface area contributed by atoms with Gasteiger partial charge in [0.1, 0.15) is 0 Å². The van der Waals surface area contributed by atoms with Crippen LogP contribution in [-0.4, -0.2) is 43.3 Å². The molecule has 1 aliphatic rings. The highest BCUT2D eigenvalue weighted by molar-refractivity contribution is 6.43. The molecule has 158 valence electrons. The molecule has 1 heterocycles. The fraction of sp³-hybridized carbons (Fsp3) is 0.208. The summed E-state index contributed by atoms with van der Waals surface area (Å²) in [7, 11) is 2.70. The molecule has 3 rings (SSSR count). The van der Waals surface area contributed by atoms with E-state index in [0.717, 1.165) is 34.2 Å². The second-order valence-electron chi connectivity index (χ2n) is 6.82. The minimum atomic E-state index is -0.380. The van der Waals surface area contributed by atoms with Crippen LogP contribution >= 0.6 is 0 Å². The van der Waals surface area contributed by atoms with E-state index in [9.17, 15) is 9.59 Å². The van der Waals surface area contributed by atoms with Crippen LogP contribution < -0.4 is 0 Å². The molecule has 0 amide bonds. The number of esters is 2. The fourth-order valence-corrected chi connectivity index (χ4v) is 2.98. The lowest BCUT2D eigenvalue weighted by Gasteiger charge is -2.03. The summed E-state index contributed by atoms with van der Waals surface area (Å²) in [6.07, 6.45) is 2.68. The molecule has 0 saturated heterocycles. The Morgan fingerprint density at radius 1 is 0.774 bits per heavy atom. The van der Waals surface area contributed by atoms with E-state index < -0.39 is 0 Å². The van der Waals surface area contributed by atoms with Crippen molar-refractivity contribution in [1.82, 2.24) is 0 Å². The van der Waals surface area contributed by atoms with Gasteiger partial charge in [-0.15, -0.1) is 0 Å². The maximum Gasteiger partial charge on any atom is 0.337 e. The van der Waals surface area contributed by atoms with Crippen molar-refractivity contribution in [1.29, 1.82) is 0 Å². The highest BCUT2D eigenvalue weighted by Gasteiger charge is 2.14. The van der Waals surface area contributed by atoms with Gasteiger partial charge in [0.15, 0.2) is 0 Å². The zero-order valence-corrected chi connectivity index (χ0v) is 17.9. The van der Waals surface area contributed by atoms with Crippen molar-refractivity contribution in [2.75, 3.05) is 14.2 Å². The van der Waals surface area contributed by atoms with Gasteiger partial charge in [-0.2, -0.15) is 0 Å². The van der Waals surface area contributed by atoms with Gasteiger partial charge in [0, 0.05) is 6.42 Å². The standard InChI is InChI=1S/C24H23N3O4/c1-15(25-19-9-5-17(6-10-19)23(28)30-3)21-13-14-22(27-21)16(2)26-20-11-7-18(8-12-20)24(29)31-4/h5-13H,14H2,1-4H3. The zero-order chi connectivity index (χ0) is 22.4. The topological polar surface area (TPSA) is 89.7 Å². The van der Waals surface area contributed by atoms with Crippen molar-refractivity contribution in [3.05, 3.63) is 71.4 Å². The third-order valence-corrected chi connectivity index (χ3v) is 4.70. The van der Waals surface area contributed by atoms with Gasteiger partial charge in [-0.25, -0.2) is 14.6 Å². The monoisotopic (exact) mass is 417 g/mol. The Kier molecular flexibility index (Phi) is 6.87. The first kappa shape index (κ1) is 21.8. The fourth-order valence-electron chi connectivity index (χ4n) is 2.98. The maximum atomic E-state index is 11.5. The predicted molar refractivity (Wildman–Crippen MR) is 121 cm³/mol. The summed E-state index contributed by atoms with van der Waals surface area (Å²) in [5.74, 6) is -0.759. The Bertz CT molecular complexity index is 1110. The number of aliphatic imine (C=N–C) groups is 3. The summed E-state index contributed by atoms with van der Waals surface area (Å²) in [5.41, 5.74) is 5.65. The molecule has 0 aliphatic carbocycles. The van der Waals surface area contributed by atoms with E-state index in [1.54, 1.807) is 48.5 Å². The molecule has 0 atom stereocenters. The molecule has 1 aliphatic heterocycles. The van der Waals surface area contributed by atoms with Gasteiger partial charge in [0.25, 0.3) is 0 Å². The van der Waals surface area contributed by atoms with Crippen LogP contribution in [0.4, 0.5) is 11.4 Å². The lowest BCUT2D eigenvalue weighted by Crippen LogP contribution is -2.07. The van der Waals surface area contributed by atoms with E-state index >= 15 is 0 Å². The lowest BCUT2D eigenvalue weighted by atomic mass is 10.2. The summed E-state index contributed by atoms with van der Waals surface area (Å²) in [6.45, 7) is 3.80. The Morgan fingerprint density at radius 2 is 1.23 bits per heavy atom. The van der Waals surface area contributed by atoms with Gasteiger partial charge < -0.3 is 9.47 Å². The predicted octanol–water partition coefficient (Wildman–Crippen LogP) is 4.87. The number of nitrogens with zero attached hydrogens (tertiary/aromatic N) is 3. The molecule has 31 heavy (non-hydrogen) atoms. The lowest BCUT2D eigenvalue weighted by molar-refractivity contribution is 0.0592. The molecule has 0 radical (unpaired) electrons. The van der Waals surface area contributed by atoms with Gasteiger partial charge in [-0.3, -0.25) is 9.98 Å². The van der Waals surface area contributed by atoms with Crippen molar-refractivity contribution in [2.24, 2.45) is 15.0 Å². The van der Waals surface area contributed by atoms with Crippen LogP contribution in [0.15, 0.2) is 75.3 Å². The number of carbonyl (C=O) groups excluding carboxylic acids is 2. The van der Waals surface area contributed by atoms with Crippen LogP contribution in [0.1, 0.15) is 41.0 Å². The Hall–Kier alpha value is -3.87. The number of allylic oxidation sites excluding steroid dienone is 2. The Morgan fingerprint density at radius 3 is 1.68 bits per heavy atom. The van der Waals surface area contributed by atoms with Crippen LogP contribution in [-0.2, 0) is 9.47 Å². The Balaban J connectivity index is 1.71. The van der Waals surface area contributed by atoms with Gasteiger partial charge >= 0.3 is 11.9 Å². The number of benzene rings is 2. The smallest absolute Gasteiger partial charge is 0.337 e. The summed E-state index contributed by atoms with van der Waals surface area (Å²) >= 11 is 0. The molecule has 0 unspecified atom stereocenters. The molecule has 0 N–H and O–H groups in total. The van der Waals surface area contributed by atoms with E-state index in [2.05, 4.69) is 15.0 Å². The van der Waals surface area contributed by atoms with Crippen LogP contribution in [0.25, 0.3) is 0 Å². The Labute approximate surface area is 180 Å². The largest absolute Gasteiger partial charge is 0.465 e. The maximum absolute atomic E-state index is 11.5. The van der Waals surface area contributed by atoms with Gasteiger partial charge in [-0.05, 0) is 62.4 Å². The van der Waals surface area contributed by atoms with Crippen molar-refractivity contribution in [3.8, 4) is 0 Å². The second-order valence-corrected chi connectivity index (χ2v) is 6.82. The van der Waals surface area contributed by atoms with Crippen LogP contribution in [0.5, 0.6) is 0 Å². The molecule has 0 saturated carbocycles. The van der Waals surface area contributed by atoms with E-state index in [1.807, 2.05) is 19.9 Å². The van der Waals surface area contributed by atoms with E-state index in [-0.39, 0.29) is 11.9 Å². The van der Waals surface area contributed by atoms with Gasteiger partial charge in [0.05, 0.1) is 59.6 Å². The summed E-state index contributed by atoms with van der Waals surface area (Å²) < 4.78 is 9.41. The minimum Gasteiger partial charge on any atom is -0.465 e. The molecule has 0 bridgehead atoms. The van der Waals surface area contributed by atoms with Crippen molar-refractivity contribution in [2.45, 2.75) is 20.3 Å². The minimum absolute atomic E-state index is 0.379. The molecule has 2 aromatic carbocycles. The SMILES string of the molecule is COC(=O)c1ccc(N=C(C)C2=CCC(C(C)=Nc3ccc(C(=O)OC)cc3)=N2)cc1. The molecule has 0 fully saturated rings. The van der Waals surface area contributed by atoms with Crippen molar-refractivity contribution < 1.29 is 19.1 Å². The first-order chi connectivity index (χ1) is 14.9. The first-order valence-electron chi connectivity index (χ1n) is 9.67. The molecule has 0 aromatic heterocycles. The number of methoxy groups -OCH3 is 2. The van der Waals surface area contributed by atoms with Crippen LogP contribution in [0.3, 0.4) is 0 Å². The van der Waals surface area contributed by atoms with E-state index in [0.29, 0.717) is 17.5 Å². The van der Waals surface area contributed by atoms with Gasteiger partial charge in [-0.1, -0.05) is 6.08 Å². The third-order valence-electron chi connectivity index (χ3n) is 4.70. The quantitative estimate of drug-likeness (QED) is 0.495. The molecule has 7 heteroatoms. The zero-order valence-electron chi connectivity index (χ0n) is 17.9. The van der Waals surface area contributed by atoms with Crippen molar-refractivity contribution >= 4 is 40.4 Å². The summed E-state index contributed by atoms with van der Waals surface area (Å²) in [4.78, 5) is 36.9. The third kappa shape index (κ3) is 5.39. The molecular weight excluding hydrogens is 394 g/mol. The molecular formula is C24H23N3O4. The summed E-state index contributed by atoms with van der Waals surface area (Å²) in [6, 6.07) is 13.8. The number of ether oxygens (including phenoxy) is 2. The van der Waals surface area contributed by atoms with Crippen LogP contribution in [0.2, 0.25) is 0 Å². The van der Waals surface area contributed by atoms with Crippen LogP contribution in [0, 0.1) is 0 Å². The number of hydrogen-bond acceptors (Lipinski definition) is 7. The molecule has 2 aromatic rings. The first-order valence-corrected chi connectivity index (χ1v) is 9.67. The van der Waals surface area contributed by atoms with E-state index in [1.165, 1.54) is 14.2 Å². The summed E-state index contributed by atoms with van der Waals surface area (Å²) in [5, 5.41) is 0. The highest BCUT2D eigenvalue weighted by atomic mass is 16.5. The second kappa shape index (κ2) is 9.75. The number of carbonyl (C=O) groups is 2. The average Bonchev–Trinajstić information content (AvgIpc) is 3.30. The normalized spacial score (nSPS) is 14.1.